The van der Waals surface area contributed by atoms with Crippen molar-refractivity contribution in [3.05, 3.63) is 74.4 Å². The van der Waals surface area contributed by atoms with E-state index in [1.807, 2.05) is 44.2 Å². The zero-order valence-corrected chi connectivity index (χ0v) is 19.0. The summed E-state index contributed by atoms with van der Waals surface area (Å²) in [5.41, 5.74) is 3.95. The van der Waals surface area contributed by atoms with Crippen LogP contribution in [0.5, 0.6) is 0 Å². The fourth-order valence-electron chi connectivity index (χ4n) is 2.81. The molecule has 0 saturated carbocycles. The van der Waals surface area contributed by atoms with Crippen LogP contribution in [0.1, 0.15) is 36.2 Å². The van der Waals surface area contributed by atoms with E-state index in [9.17, 15) is 4.79 Å². The van der Waals surface area contributed by atoms with E-state index < -0.39 is 0 Å². The molecule has 1 amide bonds. The molecular formula is C22H21Cl3N4O. The molecule has 2 aromatic carbocycles. The highest BCUT2D eigenvalue weighted by atomic mass is 35.5. The normalized spacial score (nSPS) is 12.7. The number of hydrogen-bond donors (Lipinski definition) is 3. The molecule has 0 aliphatic rings. The number of benzene rings is 2. The Kier molecular flexibility index (Phi) is 7.08. The van der Waals surface area contributed by atoms with Crippen molar-refractivity contribution in [3.63, 3.8) is 0 Å². The van der Waals surface area contributed by atoms with Gasteiger partial charge in [-0.1, -0.05) is 65.5 Å². The first kappa shape index (κ1) is 22.2. The number of carbonyl (C=O) groups excluding carboxylic acids is 1. The highest BCUT2D eigenvalue weighted by Crippen LogP contribution is 2.27. The Morgan fingerprint density at radius 3 is 2.50 bits per heavy atom. The number of nitrogens with one attached hydrogen (secondary N) is 3. The molecule has 0 unspecified atom stereocenters. The molecule has 3 aromatic rings. The van der Waals surface area contributed by atoms with Gasteiger partial charge in [-0.25, -0.2) is 4.98 Å². The third-order valence-corrected chi connectivity index (χ3v) is 5.18. The zero-order valence-electron chi connectivity index (χ0n) is 16.7. The lowest BCUT2D eigenvalue weighted by Gasteiger charge is -2.08. The Morgan fingerprint density at radius 1 is 1.17 bits per heavy atom. The van der Waals surface area contributed by atoms with Gasteiger partial charge in [-0.05, 0) is 44.5 Å². The SMILES string of the molecule is CC/C=C(Cl)\C(Nc1nc2cc(C(=O)Nc3ccc(C)cc3)c(Cl)cc2[nH]1)=C(/C)Cl. The molecule has 0 saturated heterocycles. The Bertz CT molecular complexity index is 1140. The van der Waals surface area contributed by atoms with Crippen LogP contribution >= 0.6 is 34.8 Å². The first-order valence-electron chi connectivity index (χ1n) is 9.35. The molecule has 8 heteroatoms. The van der Waals surface area contributed by atoms with Crippen LogP contribution in [-0.2, 0) is 0 Å². The fourth-order valence-corrected chi connectivity index (χ4v) is 3.60. The van der Waals surface area contributed by atoms with Gasteiger partial charge in [0.05, 0.1) is 32.3 Å². The van der Waals surface area contributed by atoms with Gasteiger partial charge in [-0.3, -0.25) is 4.79 Å². The second-order valence-electron chi connectivity index (χ2n) is 6.75. The summed E-state index contributed by atoms with van der Waals surface area (Å²) in [4.78, 5) is 20.3. The summed E-state index contributed by atoms with van der Waals surface area (Å²) in [5, 5.41) is 7.27. The topological polar surface area (TPSA) is 69.8 Å². The lowest BCUT2D eigenvalue weighted by atomic mass is 10.1. The largest absolute Gasteiger partial charge is 0.324 e. The van der Waals surface area contributed by atoms with E-state index in [4.69, 9.17) is 34.8 Å². The fraction of sp³-hybridized carbons (Fsp3) is 0.182. The number of aryl methyl sites for hydroxylation is 1. The maximum Gasteiger partial charge on any atom is 0.257 e. The summed E-state index contributed by atoms with van der Waals surface area (Å²) in [5.74, 6) is 0.129. The van der Waals surface area contributed by atoms with Gasteiger partial charge in [0.15, 0.2) is 0 Å². The van der Waals surface area contributed by atoms with Crippen LogP contribution in [0.25, 0.3) is 11.0 Å². The molecule has 1 heterocycles. The summed E-state index contributed by atoms with van der Waals surface area (Å²) in [6, 6.07) is 10.8. The molecule has 0 bridgehead atoms. The molecule has 0 atom stereocenters. The van der Waals surface area contributed by atoms with E-state index in [-0.39, 0.29) is 5.91 Å². The van der Waals surface area contributed by atoms with E-state index in [0.29, 0.717) is 49.0 Å². The number of anilines is 2. The highest BCUT2D eigenvalue weighted by Gasteiger charge is 2.15. The first-order valence-corrected chi connectivity index (χ1v) is 10.5. The van der Waals surface area contributed by atoms with Crippen molar-refractivity contribution in [2.45, 2.75) is 27.2 Å². The molecule has 5 nitrogen and oxygen atoms in total. The van der Waals surface area contributed by atoms with Gasteiger partial charge in [-0.2, -0.15) is 0 Å². The quantitative estimate of drug-likeness (QED) is 0.339. The van der Waals surface area contributed by atoms with Crippen LogP contribution in [0.3, 0.4) is 0 Å². The van der Waals surface area contributed by atoms with Gasteiger partial charge in [0.2, 0.25) is 5.95 Å². The number of H-pyrrole nitrogens is 1. The third kappa shape index (κ3) is 5.17. The average Bonchev–Trinajstić information content (AvgIpc) is 3.08. The van der Waals surface area contributed by atoms with Crippen molar-refractivity contribution in [2.75, 3.05) is 10.6 Å². The number of aromatic nitrogens is 2. The number of imidazole rings is 1. The monoisotopic (exact) mass is 462 g/mol. The molecular weight excluding hydrogens is 443 g/mol. The number of fused-ring (bicyclic) bond motifs is 1. The highest BCUT2D eigenvalue weighted by molar-refractivity contribution is 6.36. The number of rotatable bonds is 6. The number of allylic oxidation sites excluding steroid dienone is 3. The average molecular weight is 464 g/mol. The second kappa shape index (κ2) is 9.56. The van der Waals surface area contributed by atoms with Crippen LogP contribution in [0.15, 0.2) is 58.2 Å². The lowest BCUT2D eigenvalue weighted by Crippen LogP contribution is -2.12. The minimum absolute atomic E-state index is 0.311. The minimum Gasteiger partial charge on any atom is -0.324 e. The van der Waals surface area contributed by atoms with Crippen LogP contribution in [0, 0.1) is 6.92 Å². The Balaban J connectivity index is 1.89. The maximum absolute atomic E-state index is 12.7. The lowest BCUT2D eigenvalue weighted by molar-refractivity contribution is 0.102. The minimum atomic E-state index is -0.311. The predicted molar refractivity (Wildman–Crippen MR) is 127 cm³/mol. The van der Waals surface area contributed by atoms with Crippen molar-refractivity contribution in [1.82, 2.24) is 9.97 Å². The van der Waals surface area contributed by atoms with Gasteiger partial charge in [-0.15, -0.1) is 0 Å². The summed E-state index contributed by atoms with van der Waals surface area (Å²) >= 11 is 18.8. The molecule has 0 spiro atoms. The van der Waals surface area contributed by atoms with Crippen LogP contribution < -0.4 is 10.6 Å². The van der Waals surface area contributed by atoms with Crippen LogP contribution in [-0.4, -0.2) is 15.9 Å². The van der Waals surface area contributed by atoms with Crippen LogP contribution in [0.2, 0.25) is 5.02 Å². The summed E-state index contributed by atoms with van der Waals surface area (Å²) in [6.45, 7) is 5.70. The number of amides is 1. The van der Waals surface area contributed by atoms with Gasteiger partial charge >= 0.3 is 0 Å². The summed E-state index contributed by atoms with van der Waals surface area (Å²) < 4.78 is 0. The molecule has 0 fully saturated rings. The van der Waals surface area contributed by atoms with E-state index in [0.717, 1.165) is 12.0 Å². The van der Waals surface area contributed by atoms with Crippen molar-refractivity contribution in [1.29, 1.82) is 0 Å². The zero-order chi connectivity index (χ0) is 21.8. The standard InChI is InChI=1S/C22H21Cl3N4O/c1-4-5-16(24)20(13(3)23)29-22-27-18-10-15(17(25)11-19(18)28-22)21(30)26-14-8-6-12(2)7-9-14/h5-11H,4H2,1-3H3,(H,26,30)(H2,27,28,29)/b16-5+,20-13-. The number of aromatic amines is 1. The number of hydrogen-bond acceptors (Lipinski definition) is 3. The molecule has 156 valence electrons. The Hall–Kier alpha value is -2.47. The molecule has 3 N–H and O–H groups in total. The predicted octanol–water partition coefficient (Wildman–Crippen LogP) is 7.19. The van der Waals surface area contributed by atoms with Gasteiger partial charge in [0.1, 0.15) is 0 Å². The van der Waals surface area contributed by atoms with E-state index >= 15 is 0 Å². The summed E-state index contributed by atoms with van der Waals surface area (Å²) in [7, 11) is 0. The number of carbonyl (C=O) groups is 1. The molecule has 3 rings (SSSR count). The van der Waals surface area contributed by atoms with Crippen LogP contribution in [0.4, 0.5) is 11.6 Å². The van der Waals surface area contributed by atoms with Crippen molar-refractivity contribution < 1.29 is 4.79 Å². The van der Waals surface area contributed by atoms with E-state index in [1.54, 1.807) is 19.1 Å². The molecule has 0 aliphatic carbocycles. The van der Waals surface area contributed by atoms with Gasteiger partial charge in [0, 0.05) is 10.7 Å². The molecule has 1 aromatic heterocycles. The smallest absolute Gasteiger partial charge is 0.257 e. The van der Waals surface area contributed by atoms with E-state index in [2.05, 4.69) is 20.6 Å². The maximum atomic E-state index is 12.7. The molecule has 0 radical (unpaired) electrons. The Morgan fingerprint density at radius 2 is 1.87 bits per heavy atom. The second-order valence-corrected chi connectivity index (χ2v) is 8.13. The first-order chi connectivity index (χ1) is 14.3. The third-order valence-electron chi connectivity index (χ3n) is 4.33. The van der Waals surface area contributed by atoms with Crippen molar-refractivity contribution in [2.24, 2.45) is 0 Å². The van der Waals surface area contributed by atoms with Crippen molar-refractivity contribution >= 4 is 63.4 Å². The van der Waals surface area contributed by atoms with E-state index in [1.165, 1.54) is 0 Å². The number of halogens is 3. The summed E-state index contributed by atoms with van der Waals surface area (Å²) in [6.07, 6.45) is 2.62. The van der Waals surface area contributed by atoms with Crippen molar-refractivity contribution in [3.8, 4) is 0 Å². The van der Waals surface area contributed by atoms with Gasteiger partial charge < -0.3 is 15.6 Å². The van der Waals surface area contributed by atoms with Gasteiger partial charge in [0.25, 0.3) is 5.91 Å². The Labute approximate surface area is 190 Å². The molecule has 0 aliphatic heterocycles. The number of nitrogens with zero attached hydrogens (tertiary/aromatic N) is 1. The molecule has 30 heavy (non-hydrogen) atoms.